The molecule has 136 valence electrons. The summed E-state index contributed by atoms with van der Waals surface area (Å²) < 4.78 is 29.0. The van der Waals surface area contributed by atoms with Gasteiger partial charge in [0.2, 0.25) is 11.8 Å². The number of carbonyl (C=O) groups is 4. The Kier molecular flexibility index (Phi) is 7.74. The molecule has 0 aromatic carbocycles. The van der Waals surface area contributed by atoms with Crippen LogP contribution in [0, 0.1) is 0 Å². The lowest BCUT2D eigenvalue weighted by Gasteiger charge is -2.03. The smallest absolute Gasteiger partial charge is 0.328 e. The standard InChI is InChI=1S/C8H13NO4.C4H5NO5S/c10-7-5-3-1-2-4-6-8(11)13-9-12-7;6-3-1-2(4(7)5-3)11(8,9)10/h9H,1-6H2;2H,1H2,(H,5,6,7)(H,8,9,10). The lowest BCUT2D eigenvalue weighted by atomic mass is 10.1. The SMILES string of the molecule is O=C1CC(S(=O)(=O)O)C(=O)N1.O=C1CCCCCCC(=O)ONO1. The molecule has 2 fully saturated rings. The van der Waals surface area contributed by atoms with Crippen molar-refractivity contribution in [3.05, 3.63) is 0 Å². The zero-order valence-electron chi connectivity index (χ0n) is 12.6. The maximum Gasteiger partial charge on any atom is 0.328 e. The molecule has 0 aliphatic carbocycles. The molecule has 12 heteroatoms. The van der Waals surface area contributed by atoms with Gasteiger partial charge in [-0.25, -0.2) is 0 Å². The Morgan fingerprint density at radius 3 is 1.75 bits per heavy atom. The molecule has 0 spiro atoms. The monoisotopic (exact) mass is 366 g/mol. The molecular weight excluding hydrogens is 348 g/mol. The van der Waals surface area contributed by atoms with E-state index in [1.807, 2.05) is 5.64 Å². The Labute approximate surface area is 137 Å². The second-order valence-corrected chi connectivity index (χ2v) is 6.66. The molecule has 1 unspecified atom stereocenters. The van der Waals surface area contributed by atoms with Gasteiger partial charge in [0.05, 0.1) is 6.42 Å². The third-order valence-electron chi connectivity index (χ3n) is 3.11. The van der Waals surface area contributed by atoms with Crippen molar-refractivity contribution in [3.8, 4) is 0 Å². The summed E-state index contributed by atoms with van der Waals surface area (Å²) >= 11 is 0. The van der Waals surface area contributed by atoms with Crippen LogP contribution in [0.3, 0.4) is 0 Å². The van der Waals surface area contributed by atoms with Crippen molar-refractivity contribution in [1.29, 1.82) is 0 Å². The number of amides is 2. The maximum absolute atomic E-state index is 10.8. The second kappa shape index (κ2) is 9.30. The van der Waals surface area contributed by atoms with Crippen LogP contribution in [0.1, 0.15) is 44.9 Å². The van der Waals surface area contributed by atoms with Crippen molar-refractivity contribution >= 4 is 33.9 Å². The highest BCUT2D eigenvalue weighted by Gasteiger charge is 2.39. The van der Waals surface area contributed by atoms with E-state index in [4.69, 9.17) is 4.55 Å². The highest BCUT2D eigenvalue weighted by molar-refractivity contribution is 7.87. The molecule has 24 heavy (non-hydrogen) atoms. The van der Waals surface area contributed by atoms with Gasteiger partial charge in [-0.2, -0.15) is 8.42 Å². The first kappa shape index (κ1) is 20.0. The molecule has 0 aromatic rings. The van der Waals surface area contributed by atoms with Crippen LogP contribution >= 0.6 is 0 Å². The molecule has 11 nitrogen and oxygen atoms in total. The fraction of sp³-hybridized carbons (Fsp3) is 0.667. The van der Waals surface area contributed by atoms with E-state index in [1.54, 1.807) is 5.32 Å². The average molecular weight is 366 g/mol. The van der Waals surface area contributed by atoms with E-state index in [0.29, 0.717) is 12.8 Å². The van der Waals surface area contributed by atoms with E-state index in [-0.39, 0.29) is 0 Å². The normalized spacial score (nSPS) is 23.1. The van der Waals surface area contributed by atoms with Gasteiger partial charge in [-0.3, -0.25) is 29.0 Å². The largest absolute Gasteiger partial charge is 0.336 e. The number of hydrogen-bond acceptors (Lipinski definition) is 9. The van der Waals surface area contributed by atoms with Gasteiger partial charge in [-0.05, 0) is 12.8 Å². The van der Waals surface area contributed by atoms with Gasteiger partial charge < -0.3 is 9.68 Å². The lowest BCUT2D eigenvalue weighted by molar-refractivity contribution is -0.198. The molecule has 0 saturated carbocycles. The lowest BCUT2D eigenvalue weighted by Crippen LogP contribution is -2.30. The molecule has 0 aromatic heterocycles. The van der Waals surface area contributed by atoms with Gasteiger partial charge in [0.15, 0.2) is 5.25 Å². The van der Waals surface area contributed by atoms with Crippen molar-refractivity contribution < 1.29 is 41.8 Å². The van der Waals surface area contributed by atoms with Gasteiger partial charge in [0.1, 0.15) is 0 Å². The highest BCUT2D eigenvalue weighted by atomic mass is 32.2. The van der Waals surface area contributed by atoms with Crippen LogP contribution in [0.2, 0.25) is 0 Å². The molecule has 0 radical (unpaired) electrons. The summed E-state index contributed by atoms with van der Waals surface area (Å²) in [7, 11) is -4.42. The van der Waals surface area contributed by atoms with Gasteiger partial charge in [-0.15, -0.1) is 0 Å². The first-order valence-electron chi connectivity index (χ1n) is 7.14. The van der Waals surface area contributed by atoms with Crippen LogP contribution < -0.4 is 11.0 Å². The number of imide groups is 1. The minimum absolute atomic E-state index is 0.366. The fourth-order valence-electron chi connectivity index (χ4n) is 1.88. The molecule has 2 rings (SSSR count). The van der Waals surface area contributed by atoms with Gasteiger partial charge >= 0.3 is 11.9 Å². The van der Waals surface area contributed by atoms with Crippen LogP contribution in [0.25, 0.3) is 0 Å². The van der Waals surface area contributed by atoms with E-state index >= 15 is 0 Å². The van der Waals surface area contributed by atoms with Gasteiger partial charge in [-0.1, -0.05) is 12.8 Å². The summed E-state index contributed by atoms with van der Waals surface area (Å²) in [5.41, 5.74) is 1.88. The Morgan fingerprint density at radius 1 is 0.917 bits per heavy atom. The Hall–Kier alpha value is -2.05. The number of carbonyl (C=O) groups excluding carboxylic acids is 4. The van der Waals surface area contributed by atoms with E-state index in [1.165, 1.54) is 0 Å². The summed E-state index contributed by atoms with van der Waals surface area (Å²) in [5.74, 6) is -2.43. The topological polar surface area (TPSA) is 165 Å². The minimum Gasteiger partial charge on any atom is -0.336 e. The van der Waals surface area contributed by atoms with Crippen LogP contribution in [0.4, 0.5) is 0 Å². The number of nitrogens with one attached hydrogen (secondary N) is 2. The van der Waals surface area contributed by atoms with Gasteiger partial charge in [0, 0.05) is 18.5 Å². The Balaban J connectivity index is 0.000000243. The van der Waals surface area contributed by atoms with Crippen molar-refractivity contribution in [2.75, 3.05) is 0 Å². The first-order chi connectivity index (χ1) is 11.2. The fourth-order valence-corrected chi connectivity index (χ4v) is 2.57. The van der Waals surface area contributed by atoms with Crippen LogP contribution in [-0.4, -0.2) is 42.0 Å². The molecular formula is C12H18N2O9S. The Bertz CT molecular complexity index is 582. The molecule has 1 atom stereocenters. The quantitative estimate of drug-likeness (QED) is 0.392. The van der Waals surface area contributed by atoms with E-state index in [0.717, 1.165) is 25.7 Å². The second-order valence-electron chi connectivity index (χ2n) is 5.07. The summed E-state index contributed by atoms with van der Waals surface area (Å²) in [6.07, 6.45) is 3.74. The average Bonchev–Trinajstić information content (AvgIpc) is 2.80. The molecule has 2 amide bonds. The molecule has 2 aliphatic rings. The molecule has 0 bridgehead atoms. The zero-order valence-corrected chi connectivity index (χ0v) is 13.5. The van der Waals surface area contributed by atoms with Crippen molar-refractivity contribution in [2.24, 2.45) is 0 Å². The molecule has 2 saturated heterocycles. The van der Waals surface area contributed by atoms with Gasteiger partial charge in [0.25, 0.3) is 10.1 Å². The van der Waals surface area contributed by atoms with Crippen LogP contribution in [0.5, 0.6) is 0 Å². The summed E-state index contributed by atoms with van der Waals surface area (Å²) in [6, 6.07) is 0. The number of hydrogen-bond donors (Lipinski definition) is 3. The molecule has 3 N–H and O–H groups in total. The highest BCUT2D eigenvalue weighted by Crippen LogP contribution is 2.10. The minimum atomic E-state index is -4.42. The Morgan fingerprint density at radius 2 is 1.42 bits per heavy atom. The van der Waals surface area contributed by atoms with Crippen molar-refractivity contribution in [1.82, 2.24) is 11.0 Å². The third kappa shape index (κ3) is 7.48. The zero-order chi connectivity index (χ0) is 18.2. The maximum atomic E-state index is 10.8. The predicted molar refractivity (Wildman–Crippen MR) is 76.1 cm³/mol. The van der Waals surface area contributed by atoms with Crippen LogP contribution in [-0.2, 0) is 39.0 Å². The van der Waals surface area contributed by atoms with Crippen molar-refractivity contribution in [3.63, 3.8) is 0 Å². The summed E-state index contributed by atoms with van der Waals surface area (Å²) in [4.78, 5) is 51.5. The van der Waals surface area contributed by atoms with E-state index in [9.17, 15) is 27.6 Å². The van der Waals surface area contributed by atoms with Crippen LogP contribution in [0.15, 0.2) is 0 Å². The number of rotatable bonds is 1. The predicted octanol–water partition coefficient (Wildman–Crippen LogP) is -0.864. The summed E-state index contributed by atoms with van der Waals surface area (Å²) in [5, 5.41) is 0.141. The van der Waals surface area contributed by atoms with E-state index < -0.39 is 45.5 Å². The third-order valence-corrected chi connectivity index (χ3v) is 4.21. The molecule has 2 heterocycles. The first-order valence-corrected chi connectivity index (χ1v) is 8.65. The molecule has 2 aliphatic heterocycles. The summed E-state index contributed by atoms with van der Waals surface area (Å²) in [6.45, 7) is 0. The van der Waals surface area contributed by atoms with Crippen molar-refractivity contribution in [2.45, 2.75) is 50.2 Å². The van der Waals surface area contributed by atoms with E-state index in [2.05, 4.69) is 9.68 Å².